The van der Waals surface area contributed by atoms with Gasteiger partial charge in [-0.1, -0.05) is 24.3 Å². The summed E-state index contributed by atoms with van der Waals surface area (Å²) < 4.78 is 29.0. The van der Waals surface area contributed by atoms with Gasteiger partial charge in [-0.05, 0) is 48.6 Å². The van der Waals surface area contributed by atoms with Gasteiger partial charge in [0, 0.05) is 12.6 Å². The summed E-state index contributed by atoms with van der Waals surface area (Å²) in [6.45, 7) is 0.582. The highest BCUT2D eigenvalue weighted by molar-refractivity contribution is 5.30. The fourth-order valence-electron chi connectivity index (χ4n) is 3.95. The van der Waals surface area contributed by atoms with Crippen molar-refractivity contribution in [2.45, 2.75) is 38.2 Å². The summed E-state index contributed by atoms with van der Waals surface area (Å²) in [5.41, 5.74) is 2.98. The Morgan fingerprint density at radius 1 is 1.10 bits per heavy atom. The van der Waals surface area contributed by atoms with E-state index in [1.165, 1.54) is 24.0 Å². The molecule has 2 bridgehead atoms. The van der Waals surface area contributed by atoms with Gasteiger partial charge in [-0.25, -0.2) is 8.78 Å². The standard InChI is InChI=1S/C17H23F2NO/c18-16(19)11-21-8-7-20-17-14-5-6-15(17)10-13-4-2-1-3-12(13)9-14/h1-4,14-17,20H,5-11H2. The van der Waals surface area contributed by atoms with Crippen LogP contribution in [0.15, 0.2) is 24.3 Å². The lowest BCUT2D eigenvalue weighted by Crippen LogP contribution is -2.39. The van der Waals surface area contributed by atoms with Crippen LogP contribution in [-0.2, 0) is 17.6 Å². The van der Waals surface area contributed by atoms with Crippen molar-refractivity contribution in [3.63, 3.8) is 0 Å². The second-order valence-corrected chi connectivity index (χ2v) is 6.22. The summed E-state index contributed by atoms with van der Waals surface area (Å²) in [6.07, 6.45) is 2.46. The van der Waals surface area contributed by atoms with E-state index in [4.69, 9.17) is 4.74 Å². The SMILES string of the molecule is FC(F)COCCNC1C2CCC1Cc1ccccc1C2. The summed E-state index contributed by atoms with van der Waals surface area (Å²) in [5, 5.41) is 3.56. The highest BCUT2D eigenvalue weighted by atomic mass is 19.3. The van der Waals surface area contributed by atoms with Crippen molar-refractivity contribution in [1.82, 2.24) is 5.32 Å². The molecule has 0 radical (unpaired) electrons. The van der Waals surface area contributed by atoms with Crippen LogP contribution in [0.1, 0.15) is 24.0 Å². The molecule has 2 aliphatic rings. The molecule has 0 heterocycles. The molecule has 1 aromatic rings. The summed E-state index contributed by atoms with van der Waals surface area (Å²) in [5.74, 6) is 1.35. The summed E-state index contributed by atoms with van der Waals surface area (Å²) in [7, 11) is 0. The van der Waals surface area contributed by atoms with E-state index in [0.29, 0.717) is 31.0 Å². The molecule has 0 aromatic heterocycles. The highest BCUT2D eigenvalue weighted by Crippen LogP contribution is 2.39. The van der Waals surface area contributed by atoms with Gasteiger partial charge in [-0.3, -0.25) is 0 Å². The number of hydrogen-bond donors (Lipinski definition) is 1. The molecule has 1 saturated carbocycles. The van der Waals surface area contributed by atoms with Crippen LogP contribution in [0.4, 0.5) is 8.78 Å². The fourth-order valence-corrected chi connectivity index (χ4v) is 3.95. The Morgan fingerprint density at radius 2 is 1.71 bits per heavy atom. The predicted molar refractivity (Wildman–Crippen MR) is 78.7 cm³/mol. The van der Waals surface area contributed by atoms with Gasteiger partial charge in [0.1, 0.15) is 6.61 Å². The van der Waals surface area contributed by atoms with Gasteiger partial charge in [0.25, 0.3) is 6.43 Å². The van der Waals surface area contributed by atoms with E-state index >= 15 is 0 Å². The Hall–Kier alpha value is -1.00. The molecule has 0 saturated heterocycles. The van der Waals surface area contributed by atoms with E-state index in [0.717, 1.165) is 12.8 Å². The predicted octanol–water partition coefficient (Wildman–Crippen LogP) is 3.05. The van der Waals surface area contributed by atoms with Gasteiger partial charge in [0.15, 0.2) is 0 Å². The molecule has 0 aliphatic heterocycles. The lowest BCUT2D eigenvalue weighted by molar-refractivity contribution is 0.0176. The van der Waals surface area contributed by atoms with Crippen LogP contribution in [0.25, 0.3) is 0 Å². The minimum Gasteiger partial charge on any atom is -0.374 e. The average Bonchev–Trinajstić information content (AvgIpc) is 2.73. The van der Waals surface area contributed by atoms with E-state index < -0.39 is 13.0 Å². The Morgan fingerprint density at radius 3 is 2.29 bits per heavy atom. The molecule has 2 unspecified atom stereocenters. The monoisotopic (exact) mass is 295 g/mol. The van der Waals surface area contributed by atoms with Crippen LogP contribution in [0.3, 0.4) is 0 Å². The van der Waals surface area contributed by atoms with Crippen LogP contribution >= 0.6 is 0 Å². The largest absolute Gasteiger partial charge is 0.374 e. The molecule has 1 N–H and O–H groups in total. The van der Waals surface area contributed by atoms with Crippen LogP contribution < -0.4 is 5.32 Å². The van der Waals surface area contributed by atoms with Gasteiger partial charge >= 0.3 is 0 Å². The van der Waals surface area contributed by atoms with Crippen LogP contribution in [0.2, 0.25) is 0 Å². The number of rotatable bonds is 6. The molecule has 2 aliphatic carbocycles. The lowest BCUT2D eigenvalue weighted by Gasteiger charge is -2.23. The maximum Gasteiger partial charge on any atom is 0.261 e. The first kappa shape index (κ1) is 14.9. The minimum absolute atomic E-state index is 0.368. The number of hydrogen-bond acceptors (Lipinski definition) is 2. The van der Waals surface area contributed by atoms with Crippen molar-refractivity contribution in [1.29, 1.82) is 0 Å². The van der Waals surface area contributed by atoms with Crippen molar-refractivity contribution >= 4 is 0 Å². The molecular weight excluding hydrogens is 272 g/mol. The van der Waals surface area contributed by atoms with Gasteiger partial charge in [0.05, 0.1) is 6.61 Å². The van der Waals surface area contributed by atoms with E-state index in [1.807, 2.05) is 0 Å². The van der Waals surface area contributed by atoms with Crippen LogP contribution in [0, 0.1) is 11.8 Å². The van der Waals surface area contributed by atoms with E-state index in [1.54, 1.807) is 0 Å². The molecule has 2 nitrogen and oxygen atoms in total. The van der Waals surface area contributed by atoms with Gasteiger partial charge in [0.2, 0.25) is 0 Å². The maximum absolute atomic E-state index is 12.0. The summed E-state index contributed by atoms with van der Waals surface area (Å²) in [4.78, 5) is 0. The van der Waals surface area contributed by atoms with Crippen molar-refractivity contribution in [3.05, 3.63) is 35.4 Å². The number of fused-ring (bicyclic) bond motifs is 3. The first-order valence-corrected chi connectivity index (χ1v) is 7.90. The molecular formula is C17H23F2NO. The Balaban J connectivity index is 1.54. The van der Waals surface area contributed by atoms with Crippen LogP contribution in [-0.4, -0.2) is 32.2 Å². The van der Waals surface area contributed by atoms with Gasteiger partial charge in [-0.15, -0.1) is 0 Å². The molecule has 2 atom stereocenters. The fraction of sp³-hybridized carbons (Fsp3) is 0.647. The molecule has 0 spiro atoms. The zero-order chi connectivity index (χ0) is 14.7. The second kappa shape index (κ2) is 6.84. The summed E-state index contributed by atoms with van der Waals surface area (Å²) in [6, 6.07) is 9.25. The van der Waals surface area contributed by atoms with Gasteiger partial charge in [-0.2, -0.15) is 0 Å². The first-order valence-electron chi connectivity index (χ1n) is 7.90. The molecule has 3 rings (SSSR count). The zero-order valence-corrected chi connectivity index (χ0v) is 12.2. The molecule has 4 heteroatoms. The number of ether oxygens (including phenoxy) is 1. The maximum atomic E-state index is 12.0. The third kappa shape index (κ3) is 3.61. The smallest absolute Gasteiger partial charge is 0.261 e. The third-order valence-electron chi connectivity index (χ3n) is 4.88. The van der Waals surface area contributed by atoms with E-state index in [-0.39, 0.29) is 0 Å². The average molecular weight is 295 g/mol. The highest BCUT2D eigenvalue weighted by Gasteiger charge is 2.38. The summed E-state index contributed by atoms with van der Waals surface area (Å²) >= 11 is 0. The van der Waals surface area contributed by atoms with Crippen molar-refractivity contribution in [3.8, 4) is 0 Å². The number of halogens is 2. The Kier molecular flexibility index (Phi) is 4.86. The zero-order valence-electron chi connectivity index (χ0n) is 12.2. The number of nitrogens with one attached hydrogen (secondary N) is 1. The lowest BCUT2D eigenvalue weighted by atomic mass is 9.94. The van der Waals surface area contributed by atoms with Crippen molar-refractivity contribution < 1.29 is 13.5 Å². The van der Waals surface area contributed by atoms with E-state index in [9.17, 15) is 8.78 Å². The van der Waals surface area contributed by atoms with E-state index in [2.05, 4.69) is 29.6 Å². The quantitative estimate of drug-likeness (QED) is 0.815. The van der Waals surface area contributed by atoms with Crippen molar-refractivity contribution in [2.24, 2.45) is 11.8 Å². The molecule has 21 heavy (non-hydrogen) atoms. The Labute approximate surface area is 124 Å². The van der Waals surface area contributed by atoms with Crippen molar-refractivity contribution in [2.75, 3.05) is 19.8 Å². The third-order valence-corrected chi connectivity index (χ3v) is 4.88. The molecule has 0 amide bonds. The number of alkyl halides is 2. The minimum atomic E-state index is -2.37. The second-order valence-electron chi connectivity index (χ2n) is 6.22. The topological polar surface area (TPSA) is 21.3 Å². The number of benzene rings is 1. The molecule has 1 fully saturated rings. The van der Waals surface area contributed by atoms with Crippen LogP contribution in [0.5, 0.6) is 0 Å². The molecule has 116 valence electrons. The normalized spacial score (nSPS) is 27.7. The first-order chi connectivity index (χ1) is 10.2. The Bertz CT molecular complexity index is 433. The molecule has 1 aromatic carbocycles. The van der Waals surface area contributed by atoms with Gasteiger partial charge < -0.3 is 10.1 Å².